The highest BCUT2D eigenvalue weighted by atomic mass is 19.2. The van der Waals surface area contributed by atoms with Crippen molar-refractivity contribution in [2.45, 2.75) is 73.6 Å². The molecular formula is C22H38F2O. The summed E-state index contributed by atoms with van der Waals surface area (Å²) in [5.41, 5.74) is 0.464. The minimum absolute atomic E-state index is 0.00671. The van der Waals surface area contributed by atoms with E-state index in [4.69, 9.17) is 4.74 Å². The van der Waals surface area contributed by atoms with E-state index < -0.39 is 5.83 Å². The second-order valence-electron chi connectivity index (χ2n) is 7.58. The van der Waals surface area contributed by atoms with Crippen molar-refractivity contribution in [2.75, 3.05) is 6.61 Å². The van der Waals surface area contributed by atoms with Gasteiger partial charge in [0.15, 0.2) is 5.83 Å². The zero-order chi connectivity index (χ0) is 19.2. The van der Waals surface area contributed by atoms with Gasteiger partial charge < -0.3 is 4.74 Å². The highest BCUT2D eigenvalue weighted by Crippen LogP contribution is 2.30. The molecule has 1 nitrogen and oxygen atoms in total. The fourth-order valence-corrected chi connectivity index (χ4v) is 2.85. The minimum atomic E-state index is -0.752. The van der Waals surface area contributed by atoms with Crippen LogP contribution in [0.5, 0.6) is 0 Å². The second kappa shape index (κ2) is 14.1. The molecule has 25 heavy (non-hydrogen) atoms. The van der Waals surface area contributed by atoms with E-state index in [1.54, 1.807) is 12.3 Å². The molecule has 0 heterocycles. The fraction of sp³-hybridized carbons (Fsp3) is 0.727. The summed E-state index contributed by atoms with van der Waals surface area (Å²) in [6, 6.07) is 0. The van der Waals surface area contributed by atoms with E-state index in [-0.39, 0.29) is 12.2 Å². The molecule has 0 N–H and O–H groups in total. The average Bonchev–Trinajstić information content (AvgIpc) is 2.59. The monoisotopic (exact) mass is 356 g/mol. The predicted octanol–water partition coefficient (Wildman–Crippen LogP) is 7.76. The summed E-state index contributed by atoms with van der Waals surface area (Å²) in [5, 5.41) is 0. The van der Waals surface area contributed by atoms with Gasteiger partial charge in [0.25, 0.3) is 0 Å². The quantitative estimate of drug-likeness (QED) is 0.242. The maximum absolute atomic E-state index is 13.9. The molecule has 0 rings (SSSR count). The molecule has 0 saturated heterocycles. The molecule has 0 aromatic carbocycles. The van der Waals surface area contributed by atoms with E-state index in [1.165, 1.54) is 12.8 Å². The topological polar surface area (TPSA) is 9.23 Å². The van der Waals surface area contributed by atoms with Gasteiger partial charge in [-0.05, 0) is 61.5 Å². The van der Waals surface area contributed by atoms with Crippen LogP contribution in [0.4, 0.5) is 8.78 Å². The first-order chi connectivity index (χ1) is 11.8. The molecule has 3 atom stereocenters. The molecule has 0 fully saturated rings. The number of hydrogen-bond donors (Lipinski definition) is 0. The van der Waals surface area contributed by atoms with E-state index in [1.807, 2.05) is 19.9 Å². The van der Waals surface area contributed by atoms with Gasteiger partial charge in [-0.1, -0.05) is 53.5 Å². The Morgan fingerprint density at radius 1 is 0.960 bits per heavy atom. The third-order valence-electron chi connectivity index (χ3n) is 4.96. The van der Waals surface area contributed by atoms with Crippen molar-refractivity contribution < 1.29 is 13.5 Å². The van der Waals surface area contributed by atoms with Gasteiger partial charge in [-0.25, -0.2) is 8.78 Å². The van der Waals surface area contributed by atoms with Crippen molar-refractivity contribution >= 4 is 0 Å². The molecular weight excluding hydrogens is 318 g/mol. The third-order valence-corrected chi connectivity index (χ3v) is 4.96. The van der Waals surface area contributed by atoms with Gasteiger partial charge in [0.2, 0.25) is 0 Å². The zero-order valence-corrected chi connectivity index (χ0v) is 17.0. The summed E-state index contributed by atoms with van der Waals surface area (Å²) in [7, 11) is 0. The second-order valence-corrected chi connectivity index (χ2v) is 7.58. The van der Waals surface area contributed by atoms with Crippen LogP contribution in [0.25, 0.3) is 0 Å². The summed E-state index contributed by atoms with van der Waals surface area (Å²) < 4.78 is 31.7. The van der Waals surface area contributed by atoms with Crippen molar-refractivity contribution in [3.8, 4) is 0 Å². The Kier molecular flexibility index (Phi) is 13.5. The van der Waals surface area contributed by atoms with E-state index in [0.29, 0.717) is 30.4 Å². The molecule has 0 aromatic heterocycles. The van der Waals surface area contributed by atoms with Crippen LogP contribution in [-0.2, 0) is 4.74 Å². The molecule has 0 aliphatic carbocycles. The van der Waals surface area contributed by atoms with Crippen molar-refractivity contribution in [3.05, 3.63) is 36.1 Å². The van der Waals surface area contributed by atoms with Crippen LogP contribution >= 0.6 is 0 Å². The van der Waals surface area contributed by atoms with Crippen LogP contribution in [0.3, 0.4) is 0 Å². The van der Waals surface area contributed by atoms with Crippen molar-refractivity contribution in [3.63, 3.8) is 0 Å². The summed E-state index contributed by atoms with van der Waals surface area (Å²) in [6.07, 6.45) is 10.2. The van der Waals surface area contributed by atoms with E-state index in [2.05, 4.69) is 27.7 Å². The molecule has 0 aliphatic heterocycles. The lowest BCUT2D eigenvalue weighted by atomic mass is 9.83. The predicted molar refractivity (Wildman–Crippen MR) is 105 cm³/mol. The molecule has 0 spiro atoms. The van der Waals surface area contributed by atoms with Crippen LogP contribution in [0, 0.1) is 23.7 Å². The highest BCUT2D eigenvalue weighted by molar-refractivity contribution is 5.26. The van der Waals surface area contributed by atoms with Crippen LogP contribution in [-0.4, -0.2) is 6.61 Å². The molecule has 0 radical (unpaired) electrons. The summed E-state index contributed by atoms with van der Waals surface area (Å²) in [6.45, 7) is 13.6. The van der Waals surface area contributed by atoms with E-state index in [0.717, 1.165) is 18.8 Å². The fourth-order valence-electron chi connectivity index (χ4n) is 2.85. The lowest BCUT2D eigenvalue weighted by Gasteiger charge is -2.23. The van der Waals surface area contributed by atoms with Crippen molar-refractivity contribution in [1.29, 1.82) is 0 Å². The first-order valence-electron chi connectivity index (χ1n) is 9.76. The molecule has 0 bridgehead atoms. The number of halogens is 2. The number of rotatable bonds is 13. The van der Waals surface area contributed by atoms with Crippen molar-refractivity contribution in [2.24, 2.45) is 23.7 Å². The standard InChI is InChI=1S/C22H38F2O/c1-7-25-15-9-8-10-21(22(24)16-23)20(6)14-13-19(5)18(4)12-11-17(2)3/h9-10,15-20H,7-8,11-14H2,1-6H3/b15-9+,21-10-,22-16-. The van der Waals surface area contributed by atoms with Gasteiger partial charge in [-0.2, -0.15) is 0 Å². The first-order valence-corrected chi connectivity index (χ1v) is 9.76. The molecule has 0 aliphatic rings. The molecule has 3 unspecified atom stereocenters. The first kappa shape index (κ1) is 23.9. The maximum atomic E-state index is 13.9. The van der Waals surface area contributed by atoms with Gasteiger partial charge >= 0.3 is 0 Å². The van der Waals surface area contributed by atoms with Gasteiger partial charge in [-0.3, -0.25) is 0 Å². The normalized spacial score (nSPS) is 17.2. The Morgan fingerprint density at radius 2 is 1.56 bits per heavy atom. The largest absolute Gasteiger partial charge is 0.502 e. The van der Waals surface area contributed by atoms with Crippen LogP contribution < -0.4 is 0 Å². The SMILES string of the molecule is CCO/C=C/C/C=C(\C(F)=C\F)C(C)CCC(C)C(C)CCC(C)C. The number of allylic oxidation sites excluding steroid dienone is 4. The lowest BCUT2D eigenvalue weighted by Crippen LogP contribution is -2.11. The number of ether oxygens (including phenoxy) is 1. The molecule has 3 heteroatoms. The average molecular weight is 357 g/mol. The highest BCUT2D eigenvalue weighted by Gasteiger charge is 2.18. The van der Waals surface area contributed by atoms with Crippen LogP contribution in [0.2, 0.25) is 0 Å². The molecule has 0 amide bonds. The van der Waals surface area contributed by atoms with E-state index in [9.17, 15) is 8.78 Å². The lowest BCUT2D eigenvalue weighted by molar-refractivity contribution is 0.268. The van der Waals surface area contributed by atoms with Crippen molar-refractivity contribution in [1.82, 2.24) is 0 Å². The van der Waals surface area contributed by atoms with Gasteiger partial charge in [0.1, 0.15) is 6.33 Å². The Hall–Kier alpha value is -1.12. The van der Waals surface area contributed by atoms with Gasteiger partial charge in [0.05, 0.1) is 12.9 Å². The summed E-state index contributed by atoms with van der Waals surface area (Å²) in [5.74, 6) is 1.25. The zero-order valence-electron chi connectivity index (χ0n) is 17.0. The summed E-state index contributed by atoms with van der Waals surface area (Å²) in [4.78, 5) is 0. The van der Waals surface area contributed by atoms with Crippen LogP contribution in [0.1, 0.15) is 73.6 Å². The Morgan fingerprint density at radius 3 is 2.08 bits per heavy atom. The van der Waals surface area contributed by atoms with Crippen LogP contribution in [0.15, 0.2) is 36.1 Å². The maximum Gasteiger partial charge on any atom is 0.154 e. The van der Waals surface area contributed by atoms with Gasteiger partial charge in [0, 0.05) is 0 Å². The summed E-state index contributed by atoms with van der Waals surface area (Å²) >= 11 is 0. The smallest absolute Gasteiger partial charge is 0.154 e. The molecule has 0 saturated carbocycles. The Balaban J connectivity index is 4.61. The number of hydrogen-bond acceptors (Lipinski definition) is 1. The minimum Gasteiger partial charge on any atom is -0.502 e. The Labute approximate surface area is 154 Å². The Bertz CT molecular complexity index is 424. The molecule has 146 valence electrons. The van der Waals surface area contributed by atoms with E-state index >= 15 is 0 Å². The van der Waals surface area contributed by atoms with Gasteiger partial charge in [-0.15, -0.1) is 0 Å². The molecule has 0 aromatic rings. The third kappa shape index (κ3) is 11.2.